The quantitative estimate of drug-likeness (QED) is 0.822. The van der Waals surface area contributed by atoms with Gasteiger partial charge in [0, 0.05) is 23.8 Å². The molecule has 0 amide bonds. The van der Waals surface area contributed by atoms with E-state index in [9.17, 15) is 4.79 Å². The van der Waals surface area contributed by atoms with Gasteiger partial charge < -0.3 is 10.0 Å². The van der Waals surface area contributed by atoms with Crippen LogP contribution in [0.25, 0.3) is 0 Å². The van der Waals surface area contributed by atoms with Crippen LogP contribution in [0, 0.1) is 0 Å². The maximum Gasteiger partial charge on any atom is 0.323 e. The molecule has 0 spiro atoms. The Bertz CT molecular complexity index is 584. The van der Waals surface area contributed by atoms with E-state index in [0.717, 1.165) is 20.9 Å². The second-order valence-corrected chi connectivity index (χ2v) is 6.29. The number of aromatic nitrogens is 3. The Morgan fingerprint density at radius 1 is 1.55 bits per heavy atom. The molecule has 0 fully saturated rings. The molecule has 2 aromatic heterocycles. The SMILES string of the molecule is CCCN(CC(=O)O)c1ncc(Cn2cc(Br)cn2)s1. The van der Waals surface area contributed by atoms with Gasteiger partial charge in [0.25, 0.3) is 0 Å². The Balaban J connectivity index is 2.07. The third kappa shape index (κ3) is 4.04. The van der Waals surface area contributed by atoms with Crippen LogP contribution >= 0.6 is 27.3 Å². The molecule has 0 radical (unpaired) electrons. The highest BCUT2D eigenvalue weighted by Crippen LogP contribution is 2.23. The van der Waals surface area contributed by atoms with Gasteiger partial charge in [-0.1, -0.05) is 18.3 Å². The average Bonchev–Trinajstić information content (AvgIpc) is 2.98. The minimum absolute atomic E-state index is 0.0197. The van der Waals surface area contributed by atoms with Gasteiger partial charge in [-0.3, -0.25) is 9.48 Å². The first-order valence-electron chi connectivity index (χ1n) is 6.18. The van der Waals surface area contributed by atoms with E-state index in [0.29, 0.717) is 13.1 Å². The minimum Gasteiger partial charge on any atom is -0.480 e. The van der Waals surface area contributed by atoms with Gasteiger partial charge in [-0.25, -0.2) is 4.98 Å². The number of carboxylic acids is 1. The Labute approximate surface area is 129 Å². The summed E-state index contributed by atoms with van der Waals surface area (Å²) in [6.45, 7) is 3.32. The summed E-state index contributed by atoms with van der Waals surface area (Å²) < 4.78 is 2.74. The van der Waals surface area contributed by atoms with Crippen LogP contribution in [0.15, 0.2) is 23.1 Å². The lowest BCUT2D eigenvalue weighted by molar-refractivity contribution is -0.135. The van der Waals surface area contributed by atoms with Crippen molar-refractivity contribution >= 4 is 38.4 Å². The maximum atomic E-state index is 10.9. The molecule has 0 atom stereocenters. The number of rotatable bonds is 7. The van der Waals surface area contributed by atoms with E-state index in [-0.39, 0.29) is 6.54 Å². The van der Waals surface area contributed by atoms with E-state index < -0.39 is 5.97 Å². The third-order valence-corrected chi connectivity index (χ3v) is 4.00. The zero-order valence-corrected chi connectivity index (χ0v) is 13.4. The average molecular weight is 359 g/mol. The van der Waals surface area contributed by atoms with Crippen molar-refractivity contribution in [3.8, 4) is 0 Å². The van der Waals surface area contributed by atoms with Crippen molar-refractivity contribution in [3.05, 3.63) is 27.9 Å². The Hall–Kier alpha value is -1.41. The predicted molar refractivity (Wildman–Crippen MR) is 81.3 cm³/mol. The lowest BCUT2D eigenvalue weighted by atomic mass is 10.4. The first kappa shape index (κ1) is 15.0. The number of thiazole rings is 1. The second-order valence-electron chi connectivity index (χ2n) is 4.28. The van der Waals surface area contributed by atoms with E-state index in [1.807, 2.05) is 17.8 Å². The molecule has 20 heavy (non-hydrogen) atoms. The maximum absolute atomic E-state index is 10.9. The van der Waals surface area contributed by atoms with Gasteiger partial charge in [-0.05, 0) is 22.4 Å². The summed E-state index contributed by atoms with van der Waals surface area (Å²) in [6, 6.07) is 0. The van der Waals surface area contributed by atoms with E-state index >= 15 is 0 Å². The van der Waals surface area contributed by atoms with Crippen LogP contribution in [-0.2, 0) is 11.3 Å². The van der Waals surface area contributed by atoms with Crippen LogP contribution in [0.5, 0.6) is 0 Å². The second kappa shape index (κ2) is 6.85. The van der Waals surface area contributed by atoms with Crippen molar-refractivity contribution in [2.24, 2.45) is 0 Å². The third-order valence-electron chi connectivity index (χ3n) is 2.55. The number of nitrogens with zero attached hydrogens (tertiary/aromatic N) is 4. The van der Waals surface area contributed by atoms with Gasteiger partial charge in [0.15, 0.2) is 5.13 Å². The molecule has 1 N–H and O–H groups in total. The van der Waals surface area contributed by atoms with Crippen LogP contribution in [0.1, 0.15) is 18.2 Å². The number of hydrogen-bond donors (Lipinski definition) is 1. The molecule has 0 aliphatic heterocycles. The fourth-order valence-electron chi connectivity index (χ4n) is 1.78. The standard InChI is InChI=1S/C12H15BrN4O2S/c1-2-3-16(8-11(18)19)12-14-5-10(20-12)7-17-6-9(13)4-15-17/h4-6H,2-3,7-8H2,1H3,(H,18,19). The van der Waals surface area contributed by atoms with Gasteiger partial charge in [-0.2, -0.15) is 5.10 Å². The molecule has 2 heterocycles. The van der Waals surface area contributed by atoms with E-state index in [2.05, 4.69) is 26.0 Å². The molecule has 0 aliphatic carbocycles. The number of halogens is 1. The summed E-state index contributed by atoms with van der Waals surface area (Å²) in [5.41, 5.74) is 0. The number of carbonyl (C=O) groups is 1. The Kier molecular flexibility index (Phi) is 5.13. The van der Waals surface area contributed by atoms with Crippen molar-refractivity contribution in [1.82, 2.24) is 14.8 Å². The van der Waals surface area contributed by atoms with E-state index in [1.54, 1.807) is 17.3 Å². The van der Waals surface area contributed by atoms with Crippen molar-refractivity contribution in [2.45, 2.75) is 19.9 Å². The van der Waals surface area contributed by atoms with Crippen LogP contribution < -0.4 is 4.90 Å². The highest BCUT2D eigenvalue weighted by molar-refractivity contribution is 9.10. The number of aliphatic carboxylic acids is 1. The summed E-state index contributed by atoms with van der Waals surface area (Å²) in [6.07, 6.45) is 6.28. The zero-order valence-electron chi connectivity index (χ0n) is 11.0. The van der Waals surface area contributed by atoms with Crippen molar-refractivity contribution in [2.75, 3.05) is 18.0 Å². The molecule has 0 aliphatic rings. The van der Waals surface area contributed by atoms with Crippen LogP contribution in [0.4, 0.5) is 5.13 Å². The molecule has 6 nitrogen and oxygen atoms in total. The van der Waals surface area contributed by atoms with Gasteiger partial charge >= 0.3 is 5.97 Å². The summed E-state index contributed by atoms with van der Waals surface area (Å²) in [5.74, 6) is -0.841. The summed E-state index contributed by atoms with van der Waals surface area (Å²) >= 11 is 4.85. The molecule has 0 aromatic carbocycles. The van der Waals surface area contributed by atoms with Crippen molar-refractivity contribution in [1.29, 1.82) is 0 Å². The van der Waals surface area contributed by atoms with Crippen molar-refractivity contribution in [3.63, 3.8) is 0 Å². The first-order valence-corrected chi connectivity index (χ1v) is 7.79. The van der Waals surface area contributed by atoms with E-state index in [4.69, 9.17) is 5.11 Å². The molecule has 0 saturated carbocycles. The lowest BCUT2D eigenvalue weighted by Crippen LogP contribution is -2.30. The van der Waals surface area contributed by atoms with Gasteiger partial charge in [-0.15, -0.1) is 0 Å². The minimum atomic E-state index is -0.841. The van der Waals surface area contributed by atoms with Gasteiger partial charge in [0.1, 0.15) is 6.54 Å². The van der Waals surface area contributed by atoms with Gasteiger partial charge in [0.05, 0.1) is 17.2 Å². The van der Waals surface area contributed by atoms with Gasteiger partial charge in [0.2, 0.25) is 0 Å². The number of anilines is 1. The molecule has 0 unspecified atom stereocenters. The number of carboxylic acid groups (broad SMARTS) is 1. The molecular weight excluding hydrogens is 344 g/mol. The number of hydrogen-bond acceptors (Lipinski definition) is 5. The summed E-state index contributed by atoms with van der Waals surface area (Å²) in [5, 5.41) is 13.9. The normalized spacial score (nSPS) is 10.7. The molecule has 0 bridgehead atoms. The first-order chi connectivity index (χ1) is 9.58. The molecule has 0 saturated heterocycles. The topological polar surface area (TPSA) is 71.2 Å². The van der Waals surface area contributed by atoms with Crippen LogP contribution in [-0.4, -0.2) is 38.9 Å². The highest BCUT2D eigenvalue weighted by Gasteiger charge is 2.14. The fourth-order valence-corrected chi connectivity index (χ4v) is 3.03. The summed E-state index contributed by atoms with van der Waals surface area (Å²) in [7, 11) is 0. The Morgan fingerprint density at radius 2 is 2.35 bits per heavy atom. The smallest absolute Gasteiger partial charge is 0.323 e. The largest absolute Gasteiger partial charge is 0.480 e. The fraction of sp³-hybridized carbons (Fsp3) is 0.417. The van der Waals surface area contributed by atoms with Crippen LogP contribution in [0.3, 0.4) is 0 Å². The zero-order chi connectivity index (χ0) is 14.5. The highest BCUT2D eigenvalue weighted by atomic mass is 79.9. The molecular formula is C12H15BrN4O2S. The lowest BCUT2D eigenvalue weighted by Gasteiger charge is -2.18. The summed E-state index contributed by atoms with van der Waals surface area (Å²) in [4.78, 5) is 18.0. The predicted octanol–water partition coefficient (Wildman–Crippen LogP) is 2.45. The van der Waals surface area contributed by atoms with Crippen LogP contribution in [0.2, 0.25) is 0 Å². The molecule has 2 aromatic rings. The van der Waals surface area contributed by atoms with Crippen molar-refractivity contribution < 1.29 is 9.90 Å². The monoisotopic (exact) mass is 358 g/mol. The molecule has 108 valence electrons. The van der Waals surface area contributed by atoms with E-state index in [1.165, 1.54) is 11.3 Å². The Morgan fingerprint density at radius 3 is 2.95 bits per heavy atom. The molecule has 8 heteroatoms. The molecule has 2 rings (SSSR count).